The maximum atomic E-state index is 10.4. The van der Waals surface area contributed by atoms with Gasteiger partial charge in [-0.05, 0) is 0 Å². The molecule has 4 nitrogen and oxygen atoms in total. The van der Waals surface area contributed by atoms with Crippen LogP contribution in [0, 0.1) is 0 Å². The Balaban J connectivity index is 6.13. The third kappa shape index (κ3) is 7.29. The van der Waals surface area contributed by atoms with Crippen LogP contribution in [0.4, 0.5) is 0 Å². The van der Waals surface area contributed by atoms with Gasteiger partial charge in [-0.2, -0.15) is 0 Å². The number of quaternary nitrogens is 1. The minimum Gasteiger partial charge on any atom is -0.550 e. The van der Waals surface area contributed by atoms with E-state index in [1.807, 2.05) is 0 Å². The van der Waals surface area contributed by atoms with E-state index in [1.54, 1.807) is 0 Å². The Kier molecular flexibility index (Phi) is 0.817. The minimum atomic E-state index is -3.66. The van der Waals surface area contributed by atoms with E-state index in [1.165, 1.54) is 0 Å². The van der Waals surface area contributed by atoms with Gasteiger partial charge in [-0.25, -0.2) is 0 Å². The number of carbonyl (C=O) groups excluding carboxylic acids is 1. The topological polar surface area (TPSA) is 60.4 Å². The van der Waals surface area contributed by atoms with Crippen molar-refractivity contribution in [1.29, 1.82) is 0 Å². The third-order valence-electron chi connectivity index (χ3n) is 0.768. The standard InChI is InChI=1S/C7H15NO3/c1-8(2,3)5-6(9)4-7(10)11/h6,9H,4-5H2,1-3H3/t6-/m0/s1/i1D3,2D3,3D3,6D. The first-order valence-electron chi connectivity index (χ1n) is 7.68. The van der Waals surface area contributed by atoms with Gasteiger partial charge in [0, 0.05) is 12.4 Å². The largest absolute Gasteiger partial charge is 0.550 e. The summed E-state index contributed by atoms with van der Waals surface area (Å²) in [6, 6.07) is 0. The lowest BCUT2D eigenvalue weighted by atomic mass is 10.2. The van der Waals surface area contributed by atoms with Crippen LogP contribution >= 0.6 is 0 Å². The number of carbonyl (C=O) groups is 1. The van der Waals surface area contributed by atoms with Crippen molar-refractivity contribution in [2.45, 2.75) is 12.5 Å². The maximum Gasteiger partial charge on any atom is 0.108 e. The van der Waals surface area contributed by atoms with Gasteiger partial charge in [0.05, 0.1) is 34.6 Å². The maximum absolute atomic E-state index is 10.4. The number of aliphatic carboxylic acids is 1. The molecule has 1 N–H and O–H groups in total. The molecule has 0 radical (unpaired) electrons. The van der Waals surface area contributed by atoms with Gasteiger partial charge in [-0.15, -0.1) is 0 Å². The Labute approximate surface area is 80.7 Å². The monoisotopic (exact) mass is 171 g/mol. The molecule has 0 bridgehead atoms. The normalized spacial score (nSPS) is 34.3. The number of nitrogens with zero attached hydrogens (tertiary/aromatic N) is 1. The first kappa shape index (κ1) is 2.44. The Morgan fingerprint density at radius 3 is 2.73 bits per heavy atom. The number of aliphatic hydroxyl groups is 1. The number of likely N-dealkylation sites (N-methyl/N-ethyl adjacent to an activating group) is 1. The van der Waals surface area contributed by atoms with Crippen LogP contribution in [-0.2, 0) is 4.79 Å². The van der Waals surface area contributed by atoms with E-state index in [4.69, 9.17) is 13.7 Å². The Bertz CT molecular complexity index is 359. The summed E-state index contributed by atoms with van der Waals surface area (Å²) in [7, 11) is 0. The van der Waals surface area contributed by atoms with Gasteiger partial charge < -0.3 is 19.5 Å². The number of hydrogen-bond acceptors (Lipinski definition) is 3. The summed E-state index contributed by atoms with van der Waals surface area (Å²) in [6.07, 6.45) is -4.58. The highest BCUT2D eigenvalue weighted by Crippen LogP contribution is 1.97. The lowest BCUT2D eigenvalue weighted by Gasteiger charge is -2.26. The molecule has 0 aromatic rings. The molecule has 1 atom stereocenters. The Morgan fingerprint density at radius 2 is 2.36 bits per heavy atom. The molecule has 0 aliphatic carbocycles. The smallest absolute Gasteiger partial charge is 0.108 e. The van der Waals surface area contributed by atoms with E-state index in [-0.39, 0.29) is 0 Å². The first-order valence-corrected chi connectivity index (χ1v) is 2.68. The molecule has 0 saturated heterocycles. The predicted molar refractivity (Wildman–Crippen MR) is 38.5 cm³/mol. The van der Waals surface area contributed by atoms with Gasteiger partial charge in [-0.3, -0.25) is 0 Å². The van der Waals surface area contributed by atoms with E-state index in [2.05, 4.69) is 0 Å². The van der Waals surface area contributed by atoms with E-state index < -0.39 is 50.4 Å². The number of carboxylic acid groups (broad SMARTS) is 1. The van der Waals surface area contributed by atoms with Crippen molar-refractivity contribution in [2.75, 3.05) is 27.5 Å². The van der Waals surface area contributed by atoms with Gasteiger partial charge >= 0.3 is 0 Å². The molecule has 0 aromatic carbocycles. The molecule has 0 fully saturated rings. The number of carboxylic acids is 1. The summed E-state index contributed by atoms with van der Waals surface area (Å²) < 4.78 is 69.9. The molecule has 0 aromatic heterocycles. The summed E-state index contributed by atoms with van der Waals surface area (Å²) in [5.41, 5.74) is 0. The highest BCUT2D eigenvalue weighted by atomic mass is 16.4. The van der Waals surface area contributed by atoms with Crippen LogP contribution in [0.15, 0.2) is 0 Å². The Hall–Kier alpha value is -0.610. The molecule has 0 rings (SSSR count). The van der Waals surface area contributed by atoms with Crippen LogP contribution in [0.1, 0.15) is 20.1 Å². The van der Waals surface area contributed by atoms with Crippen molar-refractivity contribution in [3.05, 3.63) is 0 Å². The summed E-state index contributed by atoms with van der Waals surface area (Å²) in [6.45, 7) is -12.6. The average Bonchev–Trinajstić information content (AvgIpc) is 2.05. The van der Waals surface area contributed by atoms with Crippen molar-refractivity contribution in [2.24, 2.45) is 0 Å². The summed E-state index contributed by atoms with van der Waals surface area (Å²) in [5.74, 6) is -1.95. The lowest BCUT2D eigenvalue weighted by molar-refractivity contribution is -0.873. The SMILES string of the molecule is [2H]C([2H])([2H])[N+](C[C@@]([2H])(O)CC(=O)[O-])(C([2H])([2H])[2H])C([2H])([2H])[2H]. The number of rotatable bonds is 4. The summed E-state index contributed by atoms with van der Waals surface area (Å²) in [5, 5.41) is 20.0. The van der Waals surface area contributed by atoms with Crippen LogP contribution in [0.2, 0.25) is 0 Å². The molecule has 11 heavy (non-hydrogen) atoms. The zero-order valence-corrected chi connectivity index (χ0v) is 5.63. The molecule has 0 aliphatic heterocycles. The van der Waals surface area contributed by atoms with Crippen molar-refractivity contribution in [3.8, 4) is 0 Å². The molecule has 0 unspecified atom stereocenters. The molecular weight excluding hydrogens is 146 g/mol. The second kappa shape index (κ2) is 3.69. The fraction of sp³-hybridized carbons (Fsp3) is 0.857. The van der Waals surface area contributed by atoms with Crippen molar-refractivity contribution < 1.29 is 33.2 Å². The van der Waals surface area contributed by atoms with Gasteiger partial charge in [0.1, 0.15) is 12.6 Å². The molecular formula is C7H15NO3. The second-order valence-corrected chi connectivity index (χ2v) is 2.08. The molecule has 66 valence electrons. The van der Waals surface area contributed by atoms with E-state index in [0.29, 0.717) is 0 Å². The van der Waals surface area contributed by atoms with Crippen molar-refractivity contribution >= 4 is 5.97 Å². The molecule has 0 aliphatic rings. The van der Waals surface area contributed by atoms with Crippen LogP contribution < -0.4 is 5.11 Å². The second-order valence-electron chi connectivity index (χ2n) is 2.08. The minimum absolute atomic E-state index is 1.44. The van der Waals surface area contributed by atoms with Crippen LogP contribution in [0.5, 0.6) is 0 Å². The lowest BCUT2D eigenvalue weighted by Crippen LogP contribution is -2.43. The van der Waals surface area contributed by atoms with Crippen LogP contribution in [0.3, 0.4) is 0 Å². The molecule has 0 saturated carbocycles. The first-order chi connectivity index (χ1) is 8.87. The van der Waals surface area contributed by atoms with Crippen LogP contribution in [0.25, 0.3) is 0 Å². The van der Waals surface area contributed by atoms with Gasteiger partial charge in [0.2, 0.25) is 0 Å². The zero-order valence-electron chi connectivity index (χ0n) is 15.6. The molecule has 0 amide bonds. The van der Waals surface area contributed by atoms with Crippen molar-refractivity contribution in [3.63, 3.8) is 0 Å². The fourth-order valence-electron chi connectivity index (χ4n) is 0.496. The highest BCUT2D eigenvalue weighted by Gasteiger charge is 2.14. The summed E-state index contributed by atoms with van der Waals surface area (Å²) in [4.78, 5) is 10.4. The predicted octanol–water partition coefficient (Wildman–Crippen LogP) is -1.81. The summed E-state index contributed by atoms with van der Waals surface area (Å²) >= 11 is 0. The van der Waals surface area contributed by atoms with E-state index in [0.717, 1.165) is 0 Å². The molecule has 0 spiro atoms. The Morgan fingerprint density at radius 1 is 1.82 bits per heavy atom. The quantitative estimate of drug-likeness (QED) is 0.507. The zero-order chi connectivity index (χ0) is 17.5. The van der Waals surface area contributed by atoms with Crippen LogP contribution in [-0.4, -0.2) is 49.1 Å². The highest BCUT2D eigenvalue weighted by molar-refractivity contribution is 5.64. The van der Waals surface area contributed by atoms with Gasteiger partial charge in [0.25, 0.3) is 0 Å². The number of hydrogen-bond donors (Lipinski definition) is 1. The fourth-order valence-corrected chi connectivity index (χ4v) is 0.496. The average molecular weight is 171 g/mol. The van der Waals surface area contributed by atoms with E-state index in [9.17, 15) is 15.0 Å². The third-order valence-corrected chi connectivity index (χ3v) is 0.768. The molecule has 0 heterocycles. The van der Waals surface area contributed by atoms with Gasteiger partial charge in [0.15, 0.2) is 0 Å². The molecule has 4 heteroatoms. The van der Waals surface area contributed by atoms with Crippen molar-refractivity contribution in [1.82, 2.24) is 0 Å². The van der Waals surface area contributed by atoms with Gasteiger partial charge in [-0.1, -0.05) is 0 Å². The van der Waals surface area contributed by atoms with E-state index >= 15 is 0 Å².